The molecule has 9 heteroatoms. The molecule has 0 aromatic rings. The van der Waals surface area contributed by atoms with Gasteiger partial charge in [-0.15, -0.1) is 0 Å². The first-order chi connectivity index (χ1) is 17.9. The maximum atomic E-state index is 12.3. The summed E-state index contributed by atoms with van der Waals surface area (Å²) in [5.41, 5.74) is 0. The van der Waals surface area contributed by atoms with E-state index in [-0.39, 0.29) is 19.2 Å². The van der Waals surface area contributed by atoms with Gasteiger partial charge in [0.25, 0.3) is 0 Å². The summed E-state index contributed by atoms with van der Waals surface area (Å²) in [4.78, 5) is 12.3. The van der Waals surface area contributed by atoms with Crippen LogP contribution in [0.1, 0.15) is 110 Å². The molecular formula is C28H54O9. The number of unbranched alkanes of at least 4 members (excludes halogenated alkanes) is 12. The number of aliphatic hydroxyl groups is 4. The molecule has 37 heavy (non-hydrogen) atoms. The van der Waals surface area contributed by atoms with E-state index in [1.165, 1.54) is 57.8 Å². The Kier molecular flexibility index (Phi) is 20.4. The third-order valence-corrected chi connectivity index (χ3v) is 6.77. The summed E-state index contributed by atoms with van der Waals surface area (Å²) in [6.07, 6.45) is 9.23. The van der Waals surface area contributed by atoms with Crippen molar-refractivity contribution in [3.63, 3.8) is 0 Å². The zero-order chi connectivity index (χ0) is 27.3. The molecule has 6 unspecified atom stereocenters. The van der Waals surface area contributed by atoms with E-state index in [1.54, 1.807) is 0 Å². The van der Waals surface area contributed by atoms with Crippen molar-refractivity contribution in [3.05, 3.63) is 0 Å². The highest BCUT2D eigenvalue weighted by Crippen LogP contribution is 2.22. The molecule has 1 aliphatic heterocycles. The van der Waals surface area contributed by atoms with Gasteiger partial charge >= 0.3 is 5.97 Å². The van der Waals surface area contributed by atoms with Crippen molar-refractivity contribution >= 4 is 5.97 Å². The monoisotopic (exact) mass is 534 g/mol. The van der Waals surface area contributed by atoms with Crippen molar-refractivity contribution in [1.82, 2.24) is 0 Å². The molecule has 0 aromatic heterocycles. The highest BCUT2D eigenvalue weighted by Gasteiger charge is 2.44. The van der Waals surface area contributed by atoms with Gasteiger partial charge in [-0.05, 0) is 12.8 Å². The number of aliphatic hydroxyl groups excluding tert-OH is 4. The van der Waals surface area contributed by atoms with Crippen LogP contribution in [0.2, 0.25) is 0 Å². The fourth-order valence-corrected chi connectivity index (χ4v) is 4.37. The Hall–Kier alpha value is -0.810. The van der Waals surface area contributed by atoms with Crippen LogP contribution in [-0.4, -0.2) is 89.6 Å². The second kappa shape index (κ2) is 22.1. The Morgan fingerprint density at radius 2 is 1.32 bits per heavy atom. The fraction of sp³-hybridized carbons (Fsp3) is 0.964. The number of hydrogen-bond donors (Lipinski definition) is 4. The van der Waals surface area contributed by atoms with E-state index in [2.05, 4.69) is 13.8 Å². The first kappa shape index (κ1) is 34.2. The summed E-state index contributed by atoms with van der Waals surface area (Å²) in [5.74, 6) is -0.339. The average molecular weight is 535 g/mol. The molecule has 0 amide bonds. The minimum atomic E-state index is -1.52. The van der Waals surface area contributed by atoms with Crippen LogP contribution in [0.15, 0.2) is 0 Å². The van der Waals surface area contributed by atoms with Crippen LogP contribution < -0.4 is 0 Å². The molecule has 0 aliphatic carbocycles. The third-order valence-electron chi connectivity index (χ3n) is 6.77. The zero-order valence-electron chi connectivity index (χ0n) is 23.2. The molecule has 220 valence electrons. The second-order valence-electron chi connectivity index (χ2n) is 10.2. The van der Waals surface area contributed by atoms with Crippen LogP contribution in [0, 0.1) is 0 Å². The quantitative estimate of drug-likeness (QED) is 0.114. The molecule has 0 bridgehead atoms. The molecule has 0 saturated carbocycles. The minimum Gasteiger partial charge on any atom is -0.457 e. The summed E-state index contributed by atoms with van der Waals surface area (Å²) in [7, 11) is 0. The predicted octanol–water partition coefficient (Wildman–Crippen LogP) is 3.62. The summed E-state index contributed by atoms with van der Waals surface area (Å²) in [6, 6.07) is 0. The molecule has 1 fully saturated rings. The molecule has 0 radical (unpaired) electrons. The lowest BCUT2D eigenvalue weighted by Crippen LogP contribution is -2.59. The Bertz CT molecular complexity index is 546. The van der Waals surface area contributed by atoms with Crippen molar-refractivity contribution in [2.75, 3.05) is 26.4 Å². The van der Waals surface area contributed by atoms with Gasteiger partial charge in [-0.25, -0.2) is 0 Å². The molecule has 1 aliphatic rings. The van der Waals surface area contributed by atoms with Gasteiger partial charge in [0.1, 0.15) is 30.5 Å². The van der Waals surface area contributed by atoms with E-state index in [9.17, 15) is 25.2 Å². The maximum absolute atomic E-state index is 12.3. The van der Waals surface area contributed by atoms with E-state index in [0.29, 0.717) is 13.0 Å². The Labute approximate surface area is 223 Å². The van der Waals surface area contributed by atoms with Gasteiger partial charge in [-0.1, -0.05) is 90.9 Å². The van der Waals surface area contributed by atoms with E-state index in [0.717, 1.165) is 32.1 Å². The van der Waals surface area contributed by atoms with E-state index >= 15 is 0 Å². The second-order valence-corrected chi connectivity index (χ2v) is 10.2. The molecule has 6 atom stereocenters. The molecule has 4 N–H and O–H groups in total. The first-order valence-electron chi connectivity index (χ1n) is 14.6. The molecule has 1 rings (SSSR count). The summed E-state index contributed by atoms with van der Waals surface area (Å²) < 4.78 is 22.3. The maximum Gasteiger partial charge on any atom is 0.306 e. The zero-order valence-corrected chi connectivity index (χ0v) is 23.2. The van der Waals surface area contributed by atoms with E-state index in [1.807, 2.05) is 0 Å². The van der Waals surface area contributed by atoms with Crippen LogP contribution in [0.25, 0.3) is 0 Å². The van der Waals surface area contributed by atoms with Gasteiger partial charge in [0.15, 0.2) is 6.29 Å². The van der Waals surface area contributed by atoms with Crippen LogP contribution in [0.4, 0.5) is 0 Å². The molecule has 0 spiro atoms. The first-order valence-corrected chi connectivity index (χ1v) is 14.6. The number of rotatable bonds is 23. The van der Waals surface area contributed by atoms with Gasteiger partial charge < -0.3 is 39.4 Å². The Balaban J connectivity index is 2.34. The van der Waals surface area contributed by atoms with Crippen LogP contribution >= 0.6 is 0 Å². The van der Waals surface area contributed by atoms with E-state index < -0.39 is 43.4 Å². The van der Waals surface area contributed by atoms with Crippen LogP contribution in [0.5, 0.6) is 0 Å². The molecule has 1 saturated heterocycles. The highest BCUT2D eigenvalue weighted by molar-refractivity contribution is 5.69. The van der Waals surface area contributed by atoms with Gasteiger partial charge in [-0.2, -0.15) is 0 Å². The topological polar surface area (TPSA) is 135 Å². The normalized spacial score (nSPS) is 24.8. The number of hydrogen-bond acceptors (Lipinski definition) is 9. The van der Waals surface area contributed by atoms with Crippen molar-refractivity contribution in [3.8, 4) is 0 Å². The molecule has 0 aromatic carbocycles. The van der Waals surface area contributed by atoms with Crippen molar-refractivity contribution < 1.29 is 44.2 Å². The lowest BCUT2D eigenvalue weighted by Gasteiger charge is -2.39. The summed E-state index contributed by atoms with van der Waals surface area (Å²) in [5, 5.41) is 39.4. The van der Waals surface area contributed by atoms with Crippen molar-refractivity contribution in [2.45, 2.75) is 147 Å². The molecular weight excluding hydrogens is 480 g/mol. The van der Waals surface area contributed by atoms with Crippen molar-refractivity contribution in [2.24, 2.45) is 0 Å². The Morgan fingerprint density at radius 1 is 0.757 bits per heavy atom. The van der Waals surface area contributed by atoms with Crippen molar-refractivity contribution in [1.29, 1.82) is 0 Å². The number of ether oxygens (including phenoxy) is 4. The molecule has 9 nitrogen and oxygen atoms in total. The number of esters is 1. The Morgan fingerprint density at radius 3 is 1.92 bits per heavy atom. The number of carbonyl (C=O) groups is 1. The standard InChI is InChI=1S/C28H54O9/c1-3-5-7-8-9-10-11-12-13-14-16-18-34-20-22(36-24(30)17-15-6-4-2)21-35-28-27(33)26(32)25(31)23(19-29)37-28/h22-23,25-29,31-33H,3-21H2,1-2H3. The summed E-state index contributed by atoms with van der Waals surface area (Å²) in [6.45, 7) is 4.35. The lowest BCUT2D eigenvalue weighted by atomic mass is 9.99. The predicted molar refractivity (Wildman–Crippen MR) is 141 cm³/mol. The average Bonchev–Trinajstić information content (AvgIpc) is 2.89. The highest BCUT2D eigenvalue weighted by atomic mass is 16.7. The van der Waals surface area contributed by atoms with E-state index in [4.69, 9.17) is 18.9 Å². The van der Waals surface area contributed by atoms with Gasteiger partial charge in [0.2, 0.25) is 0 Å². The van der Waals surface area contributed by atoms with Gasteiger partial charge in [-0.3, -0.25) is 4.79 Å². The summed E-state index contributed by atoms with van der Waals surface area (Å²) >= 11 is 0. The molecule has 1 heterocycles. The SMILES string of the molecule is CCCCCCCCCCCCCOCC(COC1OC(CO)C(O)C(O)C1O)OC(=O)CCCCC. The van der Waals surface area contributed by atoms with Gasteiger partial charge in [0, 0.05) is 13.0 Å². The smallest absolute Gasteiger partial charge is 0.306 e. The third kappa shape index (κ3) is 15.4. The fourth-order valence-electron chi connectivity index (χ4n) is 4.37. The van der Waals surface area contributed by atoms with Crippen LogP contribution in [0.3, 0.4) is 0 Å². The minimum absolute atomic E-state index is 0.111. The van der Waals surface area contributed by atoms with Crippen LogP contribution in [-0.2, 0) is 23.7 Å². The lowest BCUT2D eigenvalue weighted by molar-refractivity contribution is -0.305. The largest absolute Gasteiger partial charge is 0.457 e. The number of carbonyl (C=O) groups excluding carboxylic acids is 1. The van der Waals surface area contributed by atoms with Gasteiger partial charge in [0.05, 0.1) is 19.8 Å².